The lowest BCUT2D eigenvalue weighted by molar-refractivity contribution is -0.118. The second-order valence-corrected chi connectivity index (χ2v) is 3.33. The standard InChI is InChI=1S/C9H11N3O2/c13-6-8-4-9-5-11(7-14)2-1-3-12(9)10-8/h4,6-7H,1-3,5H2. The fourth-order valence-electron chi connectivity index (χ4n) is 1.66. The molecule has 0 unspecified atom stereocenters. The highest BCUT2D eigenvalue weighted by Gasteiger charge is 2.14. The molecule has 0 aromatic carbocycles. The van der Waals surface area contributed by atoms with Crippen LogP contribution in [0.25, 0.3) is 0 Å². The molecule has 74 valence electrons. The summed E-state index contributed by atoms with van der Waals surface area (Å²) in [6.07, 6.45) is 2.45. The first-order valence-electron chi connectivity index (χ1n) is 4.55. The molecule has 0 atom stereocenters. The van der Waals surface area contributed by atoms with Crippen molar-refractivity contribution in [3.63, 3.8) is 0 Å². The van der Waals surface area contributed by atoms with Crippen molar-refractivity contribution in [1.82, 2.24) is 14.7 Å². The minimum Gasteiger partial charge on any atom is -0.339 e. The number of amides is 1. The molecule has 0 saturated carbocycles. The van der Waals surface area contributed by atoms with E-state index in [2.05, 4.69) is 5.10 Å². The summed E-state index contributed by atoms with van der Waals surface area (Å²) in [7, 11) is 0. The molecule has 5 heteroatoms. The number of aryl methyl sites for hydroxylation is 1. The van der Waals surface area contributed by atoms with Crippen LogP contribution in [0.15, 0.2) is 6.07 Å². The van der Waals surface area contributed by atoms with Crippen LogP contribution in [0.2, 0.25) is 0 Å². The van der Waals surface area contributed by atoms with Crippen molar-refractivity contribution < 1.29 is 9.59 Å². The molecule has 0 N–H and O–H groups in total. The molecule has 1 aliphatic rings. The molecule has 2 heterocycles. The van der Waals surface area contributed by atoms with Gasteiger partial charge in [-0.1, -0.05) is 0 Å². The van der Waals surface area contributed by atoms with Crippen LogP contribution in [0.5, 0.6) is 0 Å². The van der Waals surface area contributed by atoms with Crippen molar-refractivity contribution >= 4 is 12.7 Å². The van der Waals surface area contributed by atoms with Gasteiger partial charge in [-0.2, -0.15) is 5.10 Å². The van der Waals surface area contributed by atoms with Crippen molar-refractivity contribution in [3.8, 4) is 0 Å². The lowest BCUT2D eigenvalue weighted by Gasteiger charge is -2.11. The highest BCUT2D eigenvalue weighted by atomic mass is 16.1. The molecule has 0 aliphatic carbocycles. The van der Waals surface area contributed by atoms with Crippen molar-refractivity contribution in [1.29, 1.82) is 0 Å². The smallest absolute Gasteiger partial charge is 0.210 e. The number of aldehydes is 1. The maximum atomic E-state index is 10.6. The summed E-state index contributed by atoms with van der Waals surface area (Å²) >= 11 is 0. The maximum Gasteiger partial charge on any atom is 0.210 e. The molecule has 0 radical (unpaired) electrons. The molecular weight excluding hydrogens is 182 g/mol. The van der Waals surface area contributed by atoms with E-state index >= 15 is 0 Å². The summed E-state index contributed by atoms with van der Waals surface area (Å²) in [5, 5.41) is 4.10. The summed E-state index contributed by atoms with van der Waals surface area (Å²) in [5.74, 6) is 0. The minimum atomic E-state index is 0.438. The molecule has 1 aliphatic heterocycles. The maximum absolute atomic E-state index is 10.6. The number of carbonyl (C=O) groups excluding carboxylic acids is 2. The fourth-order valence-corrected chi connectivity index (χ4v) is 1.66. The first kappa shape index (κ1) is 8.93. The van der Waals surface area contributed by atoms with Gasteiger partial charge in [0.2, 0.25) is 6.41 Å². The number of hydrogen-bond donors (Lipinski definition) is 0. The van der Waals surface area contributed by atoms with Gasteiger partial charge in [-0.3, -0.25) is 14.3 Å². The third kappa shape index (κ3) is 1.53. The molecule has 2 rings (SSSR count). The van der Waals surface area contributed by atoms with E-state index in [1.807, 2.05) is 0 Å². The van der Waals surface area contributed by atoms with E-state index in [4.69, 9.17) is 0 Å². The summed E-state index contributed by atoms with van der Waals surface area (Å²) < 4.78 is 1.80. The lowest BCUT2D eigenvalue weighted by Crippen LogP contribution is -2.20. The Balaban J connectivity index is 2.29. The average molecular weight is 193 g/mol. The molecule has 1 aromatic rings. The van der Waals surface area contributed by atoms with Gasteiger partial charge in [0.15, 0.2) is 6.29 Å². The van der Waals surface area contributed by atoms with Crippen LogP contribution in [0.1, 0.15) is 22.6 Å². The second kappa shape index (κ2) is 3.61. The van der Waals surface area contributed by atoms with Gasteiger partial charge in [-0.25, -0.2) is 0 Å². The Morgan fingerprint density at radius 1 is 1.36 bits per heavy atom. The van der Waals surface area contributed by atoms with Crippen LogP contribution in [-0.4, -0.2) is 33.9 Å². The van der Waals surface area contributed by atoms with Gasteiger partial charge in [-0.15, -0.1) is 0 Å². The summed E-state index contributed by atoms with van der Waals surface area (Å²) in [5.41, 5.74) is 1.37. The predicted molar refractivity (Wildman–Crippen MR) is 48.7 cm³/mol. The van der Waals surface area contributed by atoms with E-state index in [0.29, 0.717) is 12.2 Å². The van der Waals surface area contributed by atoms with Gasteiger partial charge in [0, 0.05) is 13.1 Å². The zero-order chi connectivity index (χ0) is 9.97. The van der Waals surface area contributed by atoms with Gasteiger partial charge in [-0.05, 0) is 12.5 Å². The molecular formula is C9H11N3O2. The number of carbonyl (C=O) groups is 2. The number of rotatable bonds is 2. The Morgan fingerprint density at radius 2 is 2.21 bits per heavy atom. The first-order valence-corrected chi connectivity index (χ1v) is 4.55. The van der Waals surface area contributed by atoms with Crippen molar-refractivity contribution in [2.24, 2.45) is 0 Å². The summed E-state index contributed by atoms with van der Waals surface area (Å²) in [6.45, 7) is 2.07. The van der Waals surface area contributed by atoms with Gasteiger partial charge >= 0.3 is 0 Å². The van der Waals surface area contributed by atoms with Gasteiger partial charge in [0.1, 0.15) is 5.69 Å². The van der Waals surface area contributed by atoms with E-state index in [9.17, 15) is 9.59 Å². The van der Waals surface area contributed by atoms with E-state index < -0.39 is 0 Å². The highest BCUT2D eigenvalue weighted by molar-refractivity contribution is 5.71. The Labute approximate surface area is 81.3 Å². The van der Waals surface area contributed by atoms with Crippen LogP contribution < -0.4 is 0 Å². The second-order valence-electron chi connectivity index (χ2n) is 3.33. The molecule has 5 nitrogen and oxygen atoms in total. The van der Waals surface area contributed by atoms with Crippen LogP contribution in [0.4, 0.5) is 0 Å². The van der Waals surface area contributed by atoms with Crippen molar-refractivity contribution in [2.45, 2.75) is 19.5 Å². The zero-order valence-electron chi connectivity index (χ0n) is 7.72. The van der Waals surface area contributed by atoms with Crippen LogP contribution in [0.3, 0.4) is 0 Å². The molecule has 0 spiro atoms. The first-order chi connectivity index (χ1) is 6.83. The Hall–Kier alpha value is -1.65. The third-order valence-electron chi connectivity index (χ3n) is 2.33. The summed E-state index contributed by atoms with van der Waals surface area (Å²) in [6, 6.07) is 1.73. The quantitative estimate of drug-likeness (QED) is 0.624. The SMILES string of the molecule is O=Cc1cc2n(n1)CCCN(C=O)C2. The van der Waals surface area contributed by atoms with Crippen LogP contribution in [-0.2, 0) is 17.9 Å². The average Bonchev–Trinajstić information content (AvgIpc) is 2.50. The molecule has 0 saturated heterocycles. The number of fused-ring (bicyclic) bond motifs is 1. The zero-order valence-corrected chi connectivity index (χ0v) is 7.72. The Kier molecular flexibility index (Phi) is 2.30. The minimum absolute atomic E-state index is 0.438. The molecule has 1 amide bonds. The van der Waals surface area contributed by atoms with Gasteiger partial charge in [0.25, 0.3) is 0 Å². The van der Waals surface area contributed by atoms with E-state index in [0.717, 1.165) is 37.9 Å². The molecule has 0 bridgehead atoms. The monoisotopic (exact) mass is 193 g/mol. The van der Waals surface area contributed by atoms with Gasteiger partial charge in [0.05, 0.1) is 12.2 Å². The number of hydrogen-bond acceptors (Lipinski definition) is 3. The van der Waals surface area contributed by atoms with Crippen LogP contribution in [0, 0.1) is 0 Å². The number of aromatic nitrogens is 2. The predicted octanol–water partition coefficient (Wildman–Crippen LogP) is 0.0577. The normalized spacial score (nSPS) is 15.9. The highest BCUT2D eigenvalue weighted by Crippen LogP contribution is 2.11. The van der Waals surface area contributed by atoms with E-state index in [-0.39, 0.29) is 0 Å². The topological polar surface area (TPSA) is 55.2 Å². The van der Waals surface area contributed by atoms with E-state index in [1.54, 1.807) is 15.6 Å². The van der Waals surface area contributed by atoms with E-state index in [1.165, 1.54) is 0 Å². The lowest BCUT2D eigenvalue weighted by atomic mass is 10.3. The Bertz CT molecular complexity index is 359. The third-order valence-corrected chi connectivity index (χ3v) is 2.33. The fraction of sp³-hybridized carbons (Fsp3) is 0.444. The largest absolute Gasteiger partial charge is 0.339 e. The number of nitrogens with zero attached hydrogens (tertiary/aromatic N) is 3. The van der Waals surface area contributed by atoms with Gasteiger partial charge < -0.3 is 4.90 Å². The summed E-state index contributed by atoms with van der Waals surface area (Å²) in [4.78, 5) is 22.8. The molecule has 14 heavy (non-hydrogen) atoms. The van der Waals surface area contributed by atoms with Crippen LogP contribution >= 0.6 is 0 Å². The Morgan fingerprint density at radius 3 is 2.93 bits per heavy atom. The van der Waals surface area contributed by atoms with Crippen molar-refractivity contribution in [2.75, 3.05) is 6.54 Å². The van der Waals surface area contributed by atoms with Crippen molar-refractivity contribution in [3.05, 3.63) is 17.5 Å². The molecule has 0 fully saturated rings. The molecule has 1 aromatic heterocycles.